The number of carbonyl (C=O) groups is 2. The maximum atomic E-state index is 12.9. The maximum absolute atomic E-state index is 12.9. The highest BCUT2D eigenvalue weighted by molar-refractivity contribution is 6.08. The predicted octanol–water partition coefficient (Wildman–Crippen LogP) is 2.33. The van der Waals surface area contributed by atoms with Gasteiger partial charge in [-0.05, 0) is 24.3 Å². The largest absolute Gasteiger partial charge is 0.477 e. The van der Waals surface area contributed by atoms with Gasteiger partial charge in [0.05, 0.1) is 12.2 Å². The van der Waals surface area contributed by atoms with Crippen molar-refractivity contribution in [3.8, 4) is 5.75 Å². The van der Waals surface area contributed by atoms with Gasteiger partial charge in [0, 0.05) is 5.39 Å². The number of primary amides is 1. The van der Waals surface area contributed by atoms with Crippen molar-refractivity contribution >= 4 is 28.5 Å². The fraction of sp³-hybridized carbons (Fsp3) is 0.111. The van der Waals surface area contributed by atoms with Gasteiger partial charge < -0.3 is 14.9 Å². The zero-order valence-corrected chi connectivity index (χ0v) is 12.6. The lowest BCUT2D eigenvalue weighted by Crippen LogP contribution is -2.49. The van der Waals surface area contributed by atoms with E-state index >= 15 is 0 Å². The highest BCUT2D eigenvalue weighted by atomic mass is 16.5. The fourth-order valence-electron chi connectivity index (χ4n) is 2.80. The zero-order valence-electron chi connectivity index (χ0n) is 12.6. The third kappa shape index (κ3) is 2.28. The Morgan fingerprint density at radius 3 is 2.62 bits per heavy atom. The number of nitrogens with zero attached hydrogens (tertiary/aromatic N) is 1. The second kappa shape index (κ2) is 5.42. The molecule has 0 fully saturated rings. The molecule has 2 N–H and O–H groups in total. The van der Waals surface area contributed by atoms with E-state index in [1.807, 2.05) is 18.2 Å². The molecule has 1 aliphatic rings. The number of furan rings is 1. The van der Waals surface area contributed by atoms with E-state index in [4.69, 9.17) is 14.9 Å². The standard InChI is InChI=1S/C18H14N2O4/c19-17(21)16-10-20(12-6-2-4-8-14(12)24-16)18(22)15-9-11-5-1-3-7-13(11)23-15/h1-9,16H,10H2,(H2,19,21)/t16-/m0/s1. The van der Waals surface area contributed by atoms with Crippen LogP contribution in [0.5, 0.6) is 5.75 Å². The number of ether oxygens (including phenoxy) is 1. The van der Waals surface area contributed by atoms with Gasteiger partial charge in [-0.15, -0.1) is 0 Å². The summed E-state index contributed by atoms with van der Waals surface area (Å²) < 4.78 is 11.2. The molecular weight excluding hydrogens is 308 g/mol. The summed E-state index contributed by atoms with van der Waals surface area (Å²) in [6.07, 6.45) is -0.895. The lowest BCUT2D eigenvalue weighted by atomic mass is 10.1. The maximum Gasteiger partial charge on any atom is 0.294 e. The Hall–Kier alpha value is -3.28. The second-order valence-electron chi connectivity index (χ2n) is 5.54. The molecule has 0 saturated heterocycles. The zero-order chi connectivity index (χ0) is 16.7. The highest BCUT2D eigenvalue weighted by Crippen LogP contribution is 2.34. The molecule has 6 nitrogen and oxygen atoms in total. The normalized spacial score (nSPS) is 16.5. The van der Waals surface area contributed by atoms with Crippen LogP contribution in [-0.4, -0.2) is 24.5 Å². The molecule has 6 heteroatoms. The average molecular weight is 322 g/mol. The number of fused-ring (bicyclic) bond motifs is 2. The van der Waals surface area contributed by atoms with Gasteiger partial charge in [0.2, 0.25) is 0 Å². The Morgan fingerprint density at radius 1 is 1.08 bits per heavy atom. The number of nitrogens with two attached hydrogens (primary N) is 1. The number of anilines is 1. The molecule has 1 atom stereocenters. The van der Waals surface area contributed by atoms with Gasteiger partial charge >= 0.3 is 0 Å². The molecule has 2 amide bonds. The Bertz CT molecular complexity index is 914. The van der Waals surface area contributed by atoms with E-state index in [-0.39, 0.29) is 18.2 Å². The molecule has 1 aliphatic heterocycles. The molecule has 0 bridgehead atoms. The van der Waals surface area contributed by atoms with Crippen molar-refractivity contribution in [3.05, 3.63) is 60.4 Å². The first-order valence-electron chi connectivity index (χ1n) is 7.49. The number of rotatable bonds is 2. The molecule has 0 radical (unpaired) electrons. The molecule has 1 aromatic heterocycles. The van der Waals surface area contributed by atoms with Crippen molar-refractivity contribution in [1.29, 1.82) is 0 Å². The van der Waals surface area contributed by atoms with Gasteiger partial charge in [0.15, 0.2) is 11.9 Å². The van der Waals surface area contributed by atoms with Crippen molar-refractivity contribution < 1.29 is 18.7 Å². The van der Waals surface area contributed by atoms with Gasteiger partial charge in [-0.2, -0.15) is 0 Å². The first-order valence-corrected chi connectivity index (χ1v) is 7.49. The minimum Gasteiger partial charge on any atom is -0.477 e. The van der Waals surface area contributed by atoms with E-state index in [9.17, 15) is 9.59 Å². The van der Waals surface area contributed by atoms with E-state index < -0.39 is 12.0 Å². The molecule has 0 saturated carbocycles. The van der Waals surface area contributed by atoms with Gasteiger partial charge in [-0.1, -0.05) is 30.3 Å². The molecule has 3 aromatic rings. The summed E-state index contributed by atoms with van der Waals surface area (Å²) in [5, 5.41) is 0.842. The van der Waals surface area contributed by atoms with Gasteiger partial charge in [-0.3, -0.25) is 14.5 Å². The monoisotopic (exact) mass is 322 g/mol. The Balaban J connectivity index is 1.76. The summed E-state index contributed by atoms with van der Waals surface area (Å²) in [5.74, 6) is -0.312. The van der Waals surface area contributed by atoms with Gasteiger partial charge in [-0.25, -0.2) is 0 Å². The average Bonchev–Trinajstić information content (AvgIpc) is 3.04. The number of para-hydroxylation sites is 3. The number of amides is 2. The highest BCUT2D eigenvalue weighted by Gasteiger charge is 2.34. The molecule has 0 aliphatic carbocycles. The Morgan fingerprint density at radius 2 is 1.83 bits per heavy atom. The third-order valence-electron chi connectivity index (χ3n) is 3.97. The van der Waals surface area contributed by atoms with Crippen LogP contribution in [0.2, 0.25) is 0 Å². The van der Waals surface area contributed by atoms with Crippen molar-refractivity contribution in [2.45, 2.75) is 6.10 Å². The smallest absolute Gasteiger partial charge is 0.294 e. The summed E-state index contributed by atoms with van der Waals surface area (Å²) in [4.78, 5) is 25.9. The summed E-state index contributed by atoms with van der Waals surface area (Å²) in [6.45, 7) is 0.0439. The van der Waals surface area contributed by atoms with Gasteiger partial charge in [0.1, 0.15) is 11.3 Å². The van der Waals surface area contributed by atoms with Crippen LogP contribution in [0, 0.1) is 0 Å². The summed E-state index contributed by atoms with van der Waals surface area (Å²) in [6, 6.07) is 16.1. The minimum atomic E-state index is -0.895. The van der Waals surface area contributed by atoms with Crippen LogP contribution in [-0.2, 0) is 4.79 Å². The van der Waals surface area contributed by atoms with Crippen LogP contribution in [0.15, 0.2) is 59.0 Å². The second-order valence-corrected chi connectivity index (χ2v) is 5.54. The Labute approximate surface area is 137 Å². The van der Waals surface area contributed by atoms with Crippen molar-refractivity contribution in [3.63, 3.8) is 0 Å². The predicted molar refractivity (Wildman–Crippen MR) is 87.9 cm³/mol. The molecule has 0 spiro atoms. The summed E-state index contributed by atoms with van der Waals surface area (Å²) in [5.41, 5.74) is 6.58. The number of carbonyl (C=O) groups excluding carboxylic acids is 2. The first-order chi connectivity index (χ1) is 11.6. The molecule has 0 unspecified atom stereocenters. The lowest BCUT2D eigenvalue weighted by Gasteiger charge is -2.32. The number of benzene rings is 2. The van der Waals surface area contributed by atoms with Crippen LogP contribution in [0.3, 0.4) is 0 Å². The minimum absolute atomic E-state index is 0.0439. The third-order valence-corrected chi connectivity index (χ3v) is 3.97. The van der Waals surface area contributed by atoms with Crippen LogP contribution in [0.4, 0.5) is 5.69 Å². The molecular formula is C18H14N2O4. The molecule has 4 rings (SSSR count). The van der Waals surface area contributed by atoms with Crippen molar-refractivity contribution in [1.82, 2.24) is 0 Å². The number of hydrogen-bond donors (Lipinski definition) is 1. The van der Waals surface area contributed by atoms with Crippen LogP contribution < -0.4 is 15.4 Å². The quantitative estimate of drug-likeness (QED) is 0.784. The topological polar surface area (TPSA) is 85.8 Å². The molecule has 2 aromatic carbocycles. The number of hydrogen-bond acceptors (Lipinski definition) is 4. The fourth-order valence-corrected chi connectivity index (χ4v) is 2.80. The van der Waals surface area contributed by atoms with E-state index in [1.54, 1.807) is 36.4 Å². The van der Waals surface area contributed by atoms with E-state index in [0.717, 1.165) is 5.39 Å². The van der Waals surface area contributed by atoms with Crippen LogP contribution >= 0.6 is 0 Å². The van der Waals surface area contributed by atoms with Crippen molar-refractivity contribution in [2.75, 3.05) is 11.4 Å². The lowest BCUT2D eigenvalue weighted by molar-refractivity contribution is -0.124. The van der Waals surface area contributed by atoms with Crippen LogP contribution in [0.25, 0.3) is 11.0 Å². The van der Waals surface area contributed by atoms with E-state index in [0.29, 0.717) is 17.0 Å². The van der Waals surface area contributed by atoms with E-state index in [2.05, 4.69) is 0 Å². The Kier molecular flexibility index (Phi) is 3.23. The molecule has 24 heavy (non-hydrogen) atoms. The summed E-state index contributed by atoms with van der Waals surface area (Å²) in [7, 11) is 0. The van der Waals surface area contributed by atoms with Crippen LogP contribution in [0.1, 0.15) is 10.6 Å². The molecule has 120 valence electrons. The SMILES string of the molecule is NC(=O)[C@@H]1CN(C(=O)c2cc3ccccc3o2)c2ccccc2O1. The molecule has 2 heterocycles. The summed E-state index contributed by atoms with van der Waals surface area (Å²) >= 11 is 0. The first kappa shape index (κ1) is 14.3. The van der Waals surface area contributed by atoms with E-state index in [1.165, 1.54) is 4.90 Å². The van der Waals surface area contributed by atoms with Gasteiger partial charge in [0.25, 0.3) is 11.8 Å². The van der Waals surface area contributed by atoms with Crippen molar-refractivity contribution in [2.24, 2.45) is 5.73 Å².